The molecular formula is C44H31N. The zero-order valence-corrected chi connectivity index (χ0v) is 25.1. The number of aromatic amines is 1. The van der Waals surface area contributed by atoms with Crippen LogP contribution < -0.4 is 0 Å². The van der Waals surface area contributed by atoms with Gasteiger partial charge in [-0.25, -0.2) is 0 Å². The minimum absolute atomic E-state index is 0.301. The molecule has 1 aromatic heterocycles. The number of hydrogen-bond donors (Lipinski definition) is 1. The molecule has 0 bridgehead atoms. The summed E-state index contributed by atoms with van der Waals surface area (Å²) in [6, 6.07) is 58.1. The van der Waals surface area contributed by atoms with E-state index in [0.29, 0.717) is 0 Å². The Morgan fingerprint density at radius 3 is 1.96 bits per heavy atom. The molecule has 45 heavy (non-hydrogen) atoms. The first-order valence-electron chi connectivity index (χ1n) is 15.7. The summed E-state index contributed by atoms with van der Waals surface area (Å²) in [5.74, 6) is 0. The van der Waals surface area contributed by atoms with Crippen molar-refractivity contribution in [3.63, 3.8) is 0 Å². The quantitative estimate of drug-likeness (QED) is 0.202. The van der Waals surface area contributed by atoms with Crippen molar-refractivity contribution in [1.82, 2.24) is 4.98 Å². The molecule has 0 fully saturated rings. The maximum absolute atomic E-state index is 3.45. The van der Waals surface area contributed by atoms with E-state index in [-0.39, 0.29) is 5.41 Å². The van der Waals surface area contributed by atoms with E-state index in [0.717, 1.165) is 5.69 Å². The molecule has 1 aliphatic rings. The Morgan fingerprint density at radius 1 is 0.444 bits per heavy atom. The van der Waals surface area contributed by atoms with Crippen LogP contribution in [0.2, 0.25) is 0 Å². The van der Waals surface area contributed by atoms with Crippen molar-refractivity contribution >= 4 is 21.5 Å². The minimum atomic E-state index is -0.301. The third-order valence-corrected chi connectivity index (χ3v) is 9.95. The molecule has 8 aromatic rings. The molecule has 1 atom stereocenters. The van der Waals surface area contributed by atoms with Crippen molar-refractivity contribution in [3.8, 4) is 44.6 Å². The molecule has 212 valence electrons. The fourth-order valence-electron chi connectivity index (χ4n) is 7.86. The lowest BCUT2D eigenvalue weighted by atomic mass is 9.71. The predicted molar refractivity (Wildman–Crippen MR) is 190 cm³/mol. The lowest BCUT2D eigenvalue weighted by Crippen LogP contribution is -2.23. The highest BCUT2D eigenvalue weighted by molar-refractivity contribution is 6.15. The molecule has 1 N–H and O–H groups in total. The van der Waals surface area contributed by atoms with Gasteiger partial charge in [0.15, 0.2) is 0 Å². The average molecular weight is 574 g/mol. The second-order valence-electron chi connectivity index (χ2n) is 12.3. The van der Waals surface area contributed by atoms with Crippen LogP contribution in [0.25, 0.3) is 66.2 Å². The number of aromatic nitrogens is 1. The highest BCUT2D eigenvalue weighted by atomic mass is 14.7. The summed E-state index contributed by atoms with van der Waals surface area (Å²) in [5, 5.41) is 5.08. The maximum atomic E-state index is 3.45. The first-order valence-corrected chi connectivity index (χ1v) is 15.7. The zero-order valence-electron chi connectivity index (χ0n) is 25.1. The van der Waals surface area contributed by atoms with Gasteiger partial charge in [0, 0.05) is 17.3 Å². The molecule has 1 aliphatic carbocycles. The highest BCUT2D eigenvalue weighted by Gasteiger charge is 2.42. The summed E-state index contributed by atoms with van der Waals surface area (Å²) in [7, 11) is 0. The Kier molecular flexibility index (Phi) is 5.70. The highest BCUT2D eigenvalue weighted by Crippen LogP contribution is 2.56. The molecular weight excluding hydrogens is 542 g/mol. The number of H-pyrrole nitrogens is 1. The molecule has 1 unspecified atom stereocenters. The van der Waals surface area contributed by atoms with Crippen LogP contribution in [0.3, 0.4) is 0 Å². The Bertz CT molecular complexity index is 2380. The van der Waals surface area contributed by atoms with Gasteiger partial charge in [0.2, 0.25) is 0 Å². The van der Waals surface area contributed by atoms with Gasteiger partial charge in [-0.05, 0) is 108 Å². The van der Waals surface area contributed by atoms with Crippen LogP contribution in [0.1, 0.15) is 23.6 Å². The topological polar surface area (TPSA) is 15.8 Å². The van der Waals surface area contributed by atoms with Gasteiger partial charge in [-0.15, -0.1) is 0 Å². The van der Waals surface area contributed by atoms with E-state index in [4.69, 9.17) is 0 Å². The standard InChI is InChI=1S/C44H31N/c1-44(31-14-3-2-4-15-31)41-22-10-9-19-36(41)38-21-11-20-37(43(38)44)35-25-24-30(42-23-12-26-45-42)28-40(35)39-27-29-13-5-6-16-32(29)33-17-7-8-18-34(33)39/h2-28,45H,1H3. The van der Waals surface area contributed by atoms with Gasteiger partial charge in [0.1, 0.15) is 0 Å². The van der Waals surface area contributed by atoms with Crippen molar-refractivity contribution < 1.29 is 0 Å². The van der Waals surface area contributed by atoms with Gasteiger partial charge in [0.05, 0.1) is 0 Å². The van der Waals surface area contributed by atoms with Crippen molar-refractivity contribution in [2.24, 2.45) is 0 Å². The van der Waals surface area contributed by atoms with Crippen LogP contribution >= 0.6 is 0 Å². The monoisotopic (exact) mass is 573 g/mol. The first-order chi connectivity index (χ1) is 22.2. The van der Waals surface area contributed by atoms with Crippen molar-refractivity contribution in [2.45, 2.75) is 12.3 Å². The number of benzene rings is 7. The minimum Gasteiger partial charge on any atom is -0.361 e. The molecule has 1 heteroatoms. The number of nitrogens with one attached hydrogen (secondary N) is 1. The van der Waals surface area contributed by atoms with E-state index in [9.17, 15) is 0 Å². The molecule has 9 rings (SSSR count). The molecule has 0 saturated carbocycles. The van der Waals surface area contributed by atoms with E-state index >= 15 is 0 Å². The summed E-state index contributed by atoms with van der Waals surface area (Å²) >= 11 is 0. The largest absolute Gasteiger partial charge is 0.361 e. The van der Waals surface area contributed by atoms with E-state index in [2.05, 4.69) is 170 Å². The van der Waals surface area contributed by atoms with Crippen LogP contribution in [0.4, 0.5) is 0 Å². The third kappa shape index (κ3) is 3.81. The van der Waals surface area contributed by atoms with Gasteiger partial charge < -0.3 is 4.98 Å². The number of fused-ring (bicyclic) bond motifs is 6. The third-order valence-electron chi connectivity index (χ3n) is 9.95. The van der Waals surface area contributed by atoms with Crippen LogP contribution in [0.5, 0.6) is 0 Å². The summed E-state index contributed by atoms with van der Waals surface area (Å²) in [5.41, 5.74) is 13.7. The second-order valence-corrected chi connectivity index (χ2v) is 12.3. The smallest absolute Gasteiger partial charge is 0.0454 e. The number of rotatable bonds is 4. The lowest BCUT2D eigenvalue weighted by molar-refractivity contribution is 0.716. The first kappa shape index (κ1) is 25.8. The fourth-order valence-corrected chi connectivity index (χ4v) is 7.86. The van der Waals surface area contributed by atoms with E-state index < -0.39 is 0 Å². The molecule has 0 aliphatic heterocycles. The molecule has 0 radical (unpaired) electrons. The van der Waals surface area contributed by atoms with Crippen molar-refractivity contribution in [1.29, 1.82) is 0 Å². The molecule has 0 saturated heterocycles. The summed E-state index contributed by atoms with van der Waals surface area (Å²) < 4.78 is 0. The van der Waals surface area contributed by atoms with Crippen LogP contribution in [0, 0.1) is 0 Å². The average Bonchev–Trinajstić information content (AvgIpc) is 3.75. The van der Waals surface area contributed by atoms with Crippen LogP contribution in [0.15, 0.2) is 164 Å². The van der Waals surface area contributed by atoms with Gasteiger partial charge in [-0.3, -0.25) is 0 Å². The van der Waals surface area contributed by atoms with Crippen LogP contribution in [-0.2, 0) is 5.41 Å². The SMILES string of the molecule is CC1(c2ccccc2)c2ccccc2-c2cccc(-c3ccc(-c4ccc[nH]4)cc3-c3cc4ccccc4c4ccccc34)c21. The predicted octanol–water partition coefficient (Wildman–Crippen LogP) is 11.7. The Balaban J connectivity index is 1.39. The van der Waals surface area contributed by atoms with Crippen LogP contribution in [-0.4, -0.2) is 4.98 Å². The van der Waals surface area contributed by atoms with Gasteiger partial charge >= 0.3 is 0 Å². The normalized spacial score (nSPS) is 15.3. The van der Waals surface area contributed by atoms with Gasteiger partial charge in [-0.2, -0.15) is 0 Å². The lowest BCUT2D eigenvalue weighted by Gasteiger charge is -2.31. The van der Waals surface area contributed by atoms with Gasteiger partial charge in [-0.1, -0.05) is 133 Å². The summed E-state index contributed by atoms with van der Waals surface area (Å²) in [4.78, 5) is 3.45. The fraction of sp³-hybridized carbons (Fsp3) is 0.0455. The molecule has 1 heterocycles. The molecule has 7 aromatic carbocycles. The Labute approximate surface area is 263 Å². The second kappa shape index (κ2) is 9.94. The Hall–Kier alpha value is -5.66. The van der Waals surface area contributed by atoms with Crippen molar-refractivity contribution in [3.05, 3.63) is 181 Å². The Morgan fingerprint density at radius 2 is 1.13 bits per heavy atom. The van der Waals surface area contributed by atoms with E-state index in [1.807, 2.05) is 6.20 Å². The molecule has 0 spiro atoms. The maximum Gasteiger partial charge on any atom is 0.0454 e. The zero-order chi connectivity index (χ0) is 30.0. The molecule has 0 amide bonds. The number of hydrogen-bond acceptors (Lipinski definition) is 0. The summed E-state index contributed by atoms with van der Waals surface area (Å²) in [6.07, 6.45) is 2.00. The van der Waals surface area contributed by atoms with Crippen molar-refractivity contribution in [2.75, 3.05) is 0 Å². The van der Waals surface area contributed by atoms with E-state index in [1.54, 1.807) is 0 Å². The molecule has 1 nitrogen and oxygen atoms in total. The van der Waals surface area contributed by atoms with E-state index in [1.165, 1.54) is 77.2 Å². The van der Waals surface area contributed by atoms with Gasteiger partial charge in [0.25, 0.3) is 0 Å². The summed E-state index contributed by atoms with van der Waals surface area (Å²) in [6.45, 7) is 2.41.